The van der Waals surface area contributed by atoms with Gasteiger partial charge in [0.2, 0.25) is 0 Å². The molecule has 106 valence electrons. The molecular formula is C8H2ClF6NO2S. The number of hydrogen-bond donors (Lipinski definition) is 0. The number of hydrogen-bond acceptors (Lipinski definition) is 3. The van der Waals surface area contributed by atoms with Gasteiger partial charge in [0.1, 0.15) is 5.56 Å². The van der Waals surface area contributed by atoms with Gasteiger partial charge >= 0.3 is 11.7 Å². The van der Waals surface area contributed by atoms with Gasteiger partial charge in [-0.3, -0.25) is 10.1 Å². The van der Waals surface area contributed by atoms with Gasteiger partial charge in [-0.25, -0.2) is 0 Å². The third kappa shape index (κ3) is 4.16. The predicted molar refractivity (Wildman–Crippen MR) is 55.0 cm³/mol. The van der Waals surface area contributed by atoms with Crippen LogP contribution in [0.1, 0.15) is 5.56 Å². The summed E-state index contributed by atoms with van der Waals surface area (Å²) in [5.41, 5.74) is -8.00. The molecule has 0 bridgehead atoms. The maximum absolute atomic E-state index is 12.5. The Morgan fingerprint density at radius 3 is 2.05 bits per heavy atom. The van der Waals surface area contributed by atoms with E-state index >= 15 is 0 Å². The minimum atomic E-state index is -5.09. The summed E-state index contributed by atoms with van der Waals surface area (Å²) in [6, 6.07) is 0.261. The fourth-order valence-corrected chi connectivity index (χ4v) is 1.98. The molecule has 1 rings (SSSR count). The SMILES string of the molecule is O=[N+]([O-])c1cc(SC(F)(F)F)c(Cl)cc1C(F)(F)F. The summed E-state index contributed by atoms with van der Waals surface area (Å²) in [6.07, 6.45) is -5.09. The van der Waals surface area contributed by atoms with Gasteiger partial charge in [0.05, 0.1) is 9.95 Å². The maximum atomic E-state index is 12.5. The summed E-state index contributed by atoms with van der Waals surface area (Å²) in [4.78, 5) is 8.19. The van der Waals surface area contributed by atoms with Crippen molar-refractivity contribution < 1.29 is 31.3 Å². The second kappa shape index (κ2) is 5.08. The molecule has 0 N–H and O–H groups in total. The lowest BCUT2D eigenvalue weighted by molar-refractivity contribution is -0.388. The van der Waals surface area contributed by atoms with Crippen LogP contribution in [-0.4, -0.2) is 10.4 Å². The summed E-state index contributed by atoms with van der Waals surface area (Å²) in [7, 11) is 0. The highest BCUT2D eigenvalue weighted by atomic mass is 35.5. The Balaban J connectivity index is 3.42. The van der Waals surface area contributed by atoms with E-state index < -0.39 is 49.5 Å². The van der Waals surface area contributed by atoms with E-state index in [0.29, 0.717) is 0 Å². The number of thioether (sulfide) groups is 1. The van der Waals surface area contributed by atoms with Crippen molar-refractivity contribution in [3.05, 3.63) is 32.8 Å². The Bertz CT molecular complexity index is 515. The molecule has 3 nitrogen and oxygen atoms in total. The lowest BCUT2D eigenvalue weighted by Crippen LogP contribution is -2.10. The van der Waals surface area contributed by atoms with Crippen LogP contribution in [0.25, 0.3) is 0 Å². The molecule has 0 amide bonds. The van der Waals surface area contributed by atoms with Crippen molar-refractivity contribution in [2.24, 2.45) is 0 Å². The average Bonchev–Trinajstić information content (AvgIpc) is 2.16. The van der Waals surface area contributed by atoms with Crippen molar-refractivity contribution in [2.75, 3.05) is 0 Å². The summed E-state index contributed by atoms with van der Waals surface area (Å²) < 4.78 is 73.7. The van der Waals surface area contributed by atoms with Gasteiger partial charge in [-0.2, -0.15) is 26.3 Å². The summed E-state index contributed by atoms with van der Waals surface area (Å²) in [5.74, 6) is 0. The highest BCUT2D eigenvalue weighted by Gasteiger charge is 2.40. The standard InChI is InChI=1S/C8H2ClF6NO2S/c9-4-1-3(7(10,11)12)5(16(17)18)2-6(4)19-8(13,14)15/h1-2H. The molecule has 0 aromatic heterocycles. The topological polar surface area (TPSA) is 43.1 Å². The molecule has 0 atom stereocenters. The lowest BCUT2D eigenvalue weighted by Gasteiger charge is -2.11. The Labute approximate surface area is 110 Å². The number of nitro benzene ring substituents is 1. The molecular weight excluding hydrogens is 324 g/mol. The van der Waals surface area contributed by atoms with Crippen molar-refractivity contribution in [3.63, 3.8) is 0 Å². The molecule has 0 heterocycles. The molecule has 0 spiro atoms. The van der Waals surface area contributed by atoms with Crippen LogP contribution in [0.4, 0.5) is 32.0 Å². The molecule has 0 unspecified atom stereocenters. The molecule has 0 saturated carbocycles. The van der Waals surface area contributed by atoms with Crippen LogP contribution < -0.4 is 0 Å². The van der Waals surface area contributed by atoms with Gasteiger partial charge < -0.3 is 0 Å². The van der Waals surface area contributed by atoms with Crippen molar-refractivity contribution in [2.45, 2.75) is 16.6 Å². The largest absolute Gasteiger partial charge is 0.446 e. The molecule has 0 aliphatic heterocycles. The number of nitro groups is 1. The first-order valence-electron chi connectivity index (χ1n) is 4.22. The molecule has 0 fully saturated rings. The summed E-state index contributed by atoms with van der Waals surface area (Å²) in [6.45, 7) is 0. The zero-order valence-corrected chi connectivity index (χ0v) is 10.0. The van der Waals surface area contributed by atoms with Gasteiger partial charge in [-0.1, -0.05) is 11.6 Å². The van der Waals surface area contributed by atoms with E-state index in [1.807, 2.05) is 0 Å². The third-order valence-corrected chi connectivity index (χ3v) is 2.99. The Kier molecular flexibility index (Phi) is 4.25. The number of benzene rings is 1. The summed E-state index contributed by atoms with van der Waals surface area (Å²) in [5, 5.41) is 9.61. The van der Waals surface area contributed by atoms with Crippen molar-refractivity contribution in [3.8, 4) is 0 Å². The number of alkyl halides is 6. The monoisotopic (exact) mass is 325 g/mol. The van der Waals surface area contributed by atoms with Crippen LogP contribution in [-0.2, 0) is 6.18 Å². The first-order chi connectivity index (χ1) is 8.42. The van der Waals surface area contributed by atoms with E-state index in [0.717, 1.165) is 0 Å². The Morgan fingerprint density at radius 1 is 1.16 bits per heavy atom. The molecule has 0 aliphatic carbocycles. The lowest BCUT2D eigenvalue weighted by atomic mass is 10.2. The Morgan fingerprint density at radius 2 is 1.68 bits per heavy atom. The van der Waals surface area contributed by atoms with E-state index in [2.05, 4.69) is 0 Å². The van der Waals surface area contributed by atoms with Crippen molar-refractivity contribution in [1.29, 1.82) is 0 Å². The van der Waals surface area contributed by atoms with E-state index in [1.54, 1.807) is 0 Å². The highest BCUT2D eigenvalue weighted by molar-refractivity contribution is 8.00. The van der Waals surface area contributed by atoms with Crippen LogP contribution >= 0.6 is 23.4 Å². The minimum absolute atomic E-state index is 0.105. The fourth-order valence-electron chi connectivity index (χ4n) is 1.12. The second-order valence-electron chi connectivity index (χ2n) is 3.10. The third-order valence-electron chi connectivity index (χ3n) is 1.78. The molecule has 1 aromatic carbocycles. The maximum Gasteiger partial charge on any atom is 0.446 e. The smallest absolute Gasteiger partial charge is 0.258 e. The van der Waals surface area contributed by atoms with Crippen LogP contribution in [0.15, 0.2) is 17.0 Å². The first kappa shape index (κ1) is 15.9. The fraction of sp³-hybridized carbons (Fsp3) is 0.250. The molecule has 0 saturated heterocycles. The van der Waals surface area contributed by atoms with Gasteiger partial charge in [0.15, 0.2) is 0 Å². The zero-order valence-electron chi connectivity index (χ0n) is 8.47. The van der Waals surface area contributed by atoms with Crippen molar-refractivity contribution in [1.82, 2.24) is 0 Å². The zero-order chi connectivity index (χ0) is 15.0. The van der Waals surface area contributed by atoms with Gasteiger partial charge in [0.25, 0.3) is 5.69 Å². The van der Waals surface area contributed by atoms with E-state index in [4.69, 9.17) is 11.6 Å². The number of halogens is 7. The number of nitrogens with zero attached hydrogens (tertiary/aromatic N) is 1. The minimum Gasteiger partial charge on any atom is -0.258 e. The van der Waals surface area contributed by atoms with Gasteiger partial charge in [-0.05, 0) is 17.8 Å². The quantitative estimate of drug-likeness (QED) is 0.337. The second-order valence-corrected chi connectivity index (χ2v) is 4.62. The first-order valence-corrected chi connectivity index (χ1v) is 5.42. The van der Waals surface area contributed by atoms with Gasteiger partial charge in [-0.15, -0.1) is 0 Å². The number of rotatable bonds is 2. The van der Waals surface area contributed by atoms with Crippen LogP contribution in [0, 0.1) is 10.1 Å². The molecule has 19 heavy (non-hydrogen) atoms. The molecule has 0 aliphatic rings. The van der Waals surface area contributed by atoms with Crippen LogP contribution in [0.2, 0.25) is 5.02 Å². The molecule has 11 heteroatoms. The molecule has 0 radical (unpaired) electrons. The van der Waals surface area contributed by atoms with Crippen molar-refractivity contribution >= 4 is 29.1 Å². The highest BCUT2D eigenvalue weighted by Crippen LogP contribution is 2.45. The Hall–Kier alpha value is -1.16. The molecule has 1 aromatic rings. The average molecular weight is 326 g/mol. The predicted octanol–water partition coefficient (Wildman–Crippen LogP) is 4.88. The van der Waals surface area contributed by atoms with Crippen LogP contribution in [0.5, 0.6) is 0 Å². The van der Waals surface area contributed by atoms with Crippen LogP contribution in [0.3, 0.4) is 0 Å². The van der Waals surface area contributed by atoms with E-state index in [-0.39, 0.29) is 12.1 Å². The summed E-state index contributed by atoms with van der Waals surface area (Å²) >= 11 is 4.45. The van der Waals surface area contributed by atoms with Gasteiger partial charge in [0, 0.05) is 11.0 Å². The van der Waals surface area contributed by atoms with E-state index in [9.17, 15) is 36.5 Å². The normalized spacial score (nSPS) is 12.6. The van der Waals surface area contributed by atoms with E-state index in [1.165, 1.54) is 0 Å².